The first kappa shape index (κ1) is 17.5. The van der Waals surface area contributed by atoms with Crippen molar-refractivity contribution in [2.24, 2.45) is 0 Å². The third-order valence-electron chi connectivity index (χ3n) is 4.63. The van der Waals surface area contributed by atoms with Gasteiger partial charge in [0.05, 0.1) is 0 Å². The van der Waals surface area contributed by atoms with Crippen LogP contribution in [0.5, 0.6) is 0 Å². The molecule has 0 aliphatic carbocycles. The molecule has 3 aromatic rings. The predicted octanol–water partition coefficient (Wildman–Crippen LogP) is 5.07. The lowest BCUT2D eigenvalue weighted by Gasteiger charge is -2.22. The van der Waals surface area contributed by atoms with Crippen LogP contribution in [-0.4, -0.2) is 27.6 Å². The van der Waals surface area contributed by atoms with Gasteiger partial charge in [0.1, 0.15) is 6.04 Å². The predicted molar refractivity (Wildman–Crippen MR) is 104 cm³/mol. The van der Waals surface area contributed by atoms with Crippen molar-refractivity contribution < 1.29 is 9.32 Å². The molecule has 1 aromatic heterocycles. The molecule has 2 amide bonds. The van der Waals surface area contributed by atoms with Gasteiger partial charge in [-0.15, -0.1) is 0 Å². The van der Waals surface area contributed by atoms with Crippen molar-refractivity contribution >= 4 is 23.3 Å². The normalized spacial score (nSPS) is 16.5. The average Bonchev–Trinajstić information content (AvgIpc) is 3.31. The second-order valence-electron chi connectivity index (χ2n) is 6.61. The van der Waals surface area contributed by atoms with Crippen LogP contribution in [0.4, 0.5) is 10.5 Å². The first-order chi connectivity index (χ1) is 13.1. The van der Waals surface area contributed by atoms with Crippen molar-refractivity contribution in [1.29, 1.82) is 0 Å². The summed E-state index contributed by atoms with van der Waals surface area (Å²) in [5, 5.41) is 7.54. The highest BCUT2D eigenvalue weighted by molar-refractivity contribution is 6.30. The topological polar surface area (TPSA) is 71.3 Å². The minimum Gasteiger partial charge on any atom is -0.337 e. The lowest BCUT2D eigenvalue weighted by Crippen LogP contribution is -2.34. The van der Waals surface area contributed by atoms with Crippen LogP contribution in [0.25, 0.3) is 11.4 Å². The van der Waals surface area contributed by atoms with E-state index in [4.69, 9.17) is 16.1 Å². The molecule has 0 spiro atoms. The van der Waals surface area contributed by atoms with Crippen LogP contribution in [0.3, 0.4) is 0 Å². The van der Waals surface area contributed by atoms with Crippen LogP contribution in [0.2, 0.25) is 5.02 Å². The minimum atomic E-state index is -0.226. The monoisotopic (exact) mass is 382 g/mol. The van der Waals surface area contributed by atoms with Crippen molar-refractivity contribution in [1.82, 2.24) is 15.0 Å². The van der Waals surface area contributed by atoms with E-state index in [0.717, 1.165) is 18.4 Å². The van der Waals surface area contributed by atoms with E-state index < -0.39 is 0 Å². The van der Waals surface area contributed by atoms with Gasteiger partial charge in [0.2, 0.25) is 11.7 Å². The molecular weight excluding hydrogens is 364 g/mol. The lowest BCUT2D eigenvalue weighted by molar-refractivity contribution is 0.193. The van der Waals surface area contributed by atoms with Gasteiger partial charge in [-0.3, -0.25) is 0 Å². The Balaban J connectivity index is 1.51. The number of nitrogens with one attached hydrogen (secondary N) is 1. The molecule has 1 aliphatic rings. The van der Waals surface area contributed by atoms with E-state index in [0.29, 0.717) is 29.0 Å². The fourth-order valence-electron chi connectivity index (χ4n) is 3.22. The van der Waals surface area contributed by atoms with Crippen molar-refractivity contribution in [2.45, 2.75) is 25.8 Å². The summed E-state index contributed by atoms with van der Waals surface area (Å²) in [5.41, 5.74) is 2.72. The van der Waals surface area contributed by atoms with Gasteiger partial charge in [0.25, 0.3) is 0 Å². The molecule has 4 rings (SSSR count). The third-order valence-corrected chi connectivity index (χ3v) is 4.86. The highest BCUT2D eigenvalue weighted by Crippen LogP contribution is 2.32. The maximum absolute atomic E-state index is 12.7. The SMILES string of the molecule is Cc1ccc(-c2noc([C@H]3CCCN3C(=O)Nc3cccc(Cl)c3)n2)cc1. The number of aryl methyl sites for hydroxylation is 1. The second-order valence-corrected chi connectivity index (χ2v) is 7.05. The number of amides is 2. The molecule has 27 heavy (non-hydrogen) atoms. The number of rotatable bonds is 3. The largest absolute Gasteiger partial charge is 0.337 e. The molecular formula is C20H19ClN4O2. The summed E-state index contributed by atoms with van der Waals surface area (Å²) >= 11 is 5.99. The molecule has 2 aromatic carbocycles. The van der Waals surface area contributed by atoms with Gasteiger partial charge in [-0.1, -0.05) is 52.7 Å². The Morgan fingerprint density at radius 3 is 2.85 bits per heavy atom. The zero-order chi connectivity index (χ0) is 18.8. The van der Waals surface area contributed by atoms with Crippen LogP contribution in [0, 0.1) is 6.92 Å². The van der Waals surface area contributed by atoms with Crippen LogP contribution in [-0.2, 0) is 0 Å². The van der Waals surface area contributed by atoms with E-state index in [9.17, 15) is 4.79 Å². The number of aromatic nitrogens is 2. The molecule has 0 bridgehead atoms. The molecule has 1 aliphatic heterocycles. The number of anilines is 1. The highest BCUT2D eigenvalue weighted by atomic mass is 35.5. The molecule has 1 N–H and O–H groups in total. The van der Waals surface area contributed by atoms with E-state index >= 15 is 0 Å². The first-order valence-corrected chi connectivity index (χ1v) is 9.22. The molecule has 0 radical (unpaired) electrons. The van der Waals surface area contributed by atoms with E-state index in [2.05, 4.69) is 15.5 Å². The smallest absolute Gasteiger partial charge is 0.322 e. The molecule has 6 nitrogen and oxygen atoms in total. The fourth-order valence-corrected chi connectivity index (χ4v) is 3.41. The molecule has 0 saturated carbocycles. The molecule has 1 atom stereocenters. The molecule has 138 valence electrons. The van der Waals surface area contributed by atoms with Gasteiger partial charge in [-0.25, -0.2) is 4.79 Å². The Labute approximate surface area is 162 Å². The number of carbonyl (C=O) groups is 1. The maximum atomic E-state index is 12.7. The zero-order valence-corrected chi connectivity index (χ0v) is 15.6. The summed E-state index contributed by atoms with van der Waals surface area (Å²) in [6.07, 6.45) is 1.67. The van der Waals surface area contributed by atoms with Gasteiger partial charge >= 0.3 is 6.03 Å². The standard InChI is InChI=1S/C20H19ClN4O2/c1-13-7-9-14(10-8-13)18-23-19(27-24-18)17-6-3-11-25(17)20(26)22-16-5-2-4-15(21)12-16/h2,4-5,7-10,12,17H,3,6,11H2,1H3,(H,22,26)/t17-/m1/s1. The Morgan fingerprint density at radius 2 is 2.07 bits per heavy atom. The Bertz CT molecular complexity index is 955. The molecule has 0 unspecified atom stereocenters. The van der Waals surface area contributed by atoms with Crippen LogP contribution in [0.15, 0.2) is 53.1 Å². The average molecular weight is 383 g/mol. The van der Waals surface area contributed by atoms with Crippen LogP contribution >= 0.6 is 11.6 Å². The summed E-state index contributed by atoms with van der Waals surface area (Å²) in [7, 11) is 0. The number of hydrogen-bond acceptors (Lipinski definition) is 4. The summed E-state index contributed by atoms with van der Waals surface area (Å²) < 4.78 is 5.48. The van der Waals surface area contributed by atoms with E-state index in [1.807, 2.05) is 31.2 Å². The van der Waals surface area contributed by atoms with E-state index in [-0.39, 0.29) is 12.1 Å². The highest BCUT2D eigenvalue weighted by Gasteiger charge is 2.34. The van der Waals surface area contributed by atoms with Crippen LogP contribution in [0.1, 0.15) is 30.3 Å². The first-order valence-electron chi connectivity index (χ1n) is 8.84. The van der Waals surface area contributed by atoms with Crippen LogP contribution < -0.4 is 5.32 Å². The summed E-state index contributed by atoms with van der Waals surface area (Å²) in [5.74, 6) is 0.997. The number of hydrogen-bond donors (Lipinski definition) is 1. The quantitative estimate of drug-likeness (QED) is 0.686. The second kappa shape index (κ2) is 7.40. The number of halogens is 1. The third kappa shape index (κ3) is 3.80. The number of benzene rings is 2. The summed E-state index contributed by atoms with van der Waals surface area (Å²) in [6.45, 7) is 2.67. The lowest BCUT2D eigenvalue weighted by atomic mass is 10.1. The summed E-state index contributed by atoms with van der Waals surface area (Å²) in [6, 6.07) is 14.6. The van der Waals surface area contributed by atoms with Gasteiger partial charge < -0.3 is 14.7 Å². The zero-order valence-electron chi connectivity index (χ0n) is 14.9. The van der Waals surface area contributed by atoms with Gasteiger partial charge in [0, 0.05) is 22.8 Å². The minimum absolute atomic E-state index is 0.199. The molecule has 7 heteroatoms. The van der Waals surface area contributed by atoms with E-state index in [1.165, 1.54) is 5.56 Å². The Hall–Kier alpha value is -2.86. The maximum Gasteiger partial charge on any atom is 0.322 e. The number of likely N-dealkylation sites (tertiary alicyclic amines) is 1. The van der Waals surface area contributed by atoms with Gasteiger partial charge in [-0.05, 0) is 38.0 Å². The molecule has 1 saturated heterocycles. The number of carbonyl (C=O) groups excluding carboxylic acids is 1. The van der Waals surface area contributed by atoms with E-state index in [1.54, 1.807) is 29.2 Å². The van der Waals surface area contributed by atoms with Crippen molar-refractivity contribution in [3.05, 3.63) is 65.0 Å². The van der Waals surface area contributed by atoms with Gasteiger partial charge in [-0.2, -0.15) is 4.98 Å². The van der Waals surface area contributed by atoms with Crippen molar-refractivity contribution in [2.75, 3.05) is 11.9 Å². The van der Waals surface area contributed by atoms with Crippen molar-refractivity contribution in [3.8, 4) is 11.4 Å². The molecule has 2 heterocycles. The molecule has 1 fully saturated rings. The number of nitrogens with zero attached hydrogens (tertiary/aromatic N) is 3. The summed E-state index contributed by atoms with van der Waals surface area (Å²) in [4.78, 5) is 19.0. The Kier molecular flexibility index (Phi) is 4.81. The van der Waals surface area contributed by atoms with Gasteiger partial charge in [0.15, 0.2) is 0 Å². The number of urea groups is 1. The fraction of sp³-hybridized carbons (Fsp3) is 0.250. The Morgan fingerprint density at radius 1 is 1.26 bits per heavy atom. The van der Waals surface area contributed by atoms with Crippen molar-refractivity contribution in [3.63, 3.8) is 0 Å².